The molecule has 23 heavy (non-hydrogen) atoms. The van der Waals surface area contributed by atoms with Gasteiger partial charge < -0.3 is 4.74 Å². The van der Waals surface area contributed by atoms with Gasteiger partial charge in [0, 0.05) is 10.6 Å². The molecule has 2 aromatic carbocycles. The van der Waals surface area contributed by atoms with E-state index in [1.165, 1.54) is 36.4 Å². The van der Waals surface area contributed by atoms with Crippen LogP contribution in [0.1, 0.15) is 17.2 Å². The van der Waals surface area contributed by atoms with Gasteiger partial charge in [-0.2, -0.15) is 13.2 Å². The van der Waals surface area contributed by atoms with Crippen molar-refractivity contribution < 1.29 is 22.7 Å². The summed E-state index contributed by atoms with van der Waals surface area (Å²) in [6, 6.07) is 10.3. The van der Waals surface area contributed by atoms with Crippen molar-refractivity contribution >= 4 is 17.5 Å². The number of carbonyl (C=O) groups excluding carboxylic acids is 1. The van der Waals surface area contributed by atoms with Crippen LogP contribution in [0.4, 0.5) is 13.2 Å². The van der Waals surface area contributed by atoms with Crippen molar-refractivity contribution in [3.05, 3.63) is 64.7 Å². The van der Waals surface area contributed by atoms with Gasteiger partial charge in [0.25, 0.3) is 5.91 Å². The minimum absolute atomic E-state index is 0.108. The van der Waals surface area contributed by atoms with E-state index < -0.39 is 23.8 Å². The summed E-state index contributed by atoms with van der Waals surface area (Å²) in [6.07, 6.45) is -5.72. The van der Waals surface area contributed by atoms with Crippen molar-refractivity contribution in [2.24, 2.45) is 5.84 Å². The summed E-state index contributed by atoms with van der Waals surface area (Å²) in [5.74, 6) is 4.30. The first-order valence-corrected chi connectivity index (χ1v) is 6.79. The summed E-state index contributed by atoms with van der Waals surface area (Å²) in [5, 5.41) is 0.444. The first kappa shape index (κ1) is 17.1. The maximum atomic E-state index is 12.7. The number of rotatable bonds is 4. The largest absolute Gasteiger partial charge is 0.476 e. The lowest BCUT2D eigenvalue weighted by atomic mass is 10.1. The fourth-order valence-electron chi connectivity index (χ4n) is 1.87. The SMILES string of the molecule is NNC(=O)C(Oc1cccc(C(F)(F)F)c1)c1ccc(Cl)cc1. The first-order chi connectivity index (χ1) is 10.8. The molecule has 1 atom stereocenters. The summed E-state index contributed by atoms with van der Waals surface area (Å²) in [4.78, 5) is 11.9. The van der Waals surface area contributed by atoms with Crippen molar-refractivity contribution in [2.75, 3.05) is 0 Å². The van der Waals surface area contributed by atoms with Crippen LogP contribution in [0.25, 0.3) is 0 Å². The summed E-state index contributed by atoms with van der Waals surface area (Å²) in [7, 11) is 0. The predicted octanol–water partition coefficient (Wildman–Crippen LogP) is 3.47. The highest BCUT2D eigenvalue weighted by Gasteiger charge is 2.31. The lowest BCUT2D eigenvalue weighted by Crippen LogP contribution is -2.37. The molecule has 122 valence electrons. The van der Waals surface area contributed by atoms with E-state index in [2.05, 4.69) is 0 Å². The van der Waals surface area contributed by atoms with Crippen LogP contribution in [-0.4, -0.2) is 5.91 Å². The smallest absolute Gasteiger partial charge is 0.416 e. The zero-order valence-corrected chi connectivity index (χ0v) is 12.4. The lowest BCUT2D eigenvalue weighted by Gasteiger charge is -2.19. The molecule has 0 radical (unpaired) electrons. The second-order valence-electron chi connectivity index (χ2n) is 4.58. The van der Waals surface area contributed by atoms with E-state index in [1.54, 1.807) is 0 Å². The number of benzene rings is 2. The van der Waals surface area contributed by atoms with Gasteiger partial charge in [-0.15, -0.1) is 0 Å². The monoisotopic (exact) mass is 344 g/mol. The standard InChI is InChI=1S/C15H12ClF3N2O2/c16-11-6-4-9(5-7-11)13(14(22)21-20)23-12-3-1-2-10(8-12)15(17,18)19/h1-8,13H,20H2,(H,21,22). The maximum Gasteiger partial charge on any atom is 0.416 e. The molecule has 0 aromatic heterocycles. The zero-order valence-electron chi connectivity index (χ0n) is 11.6. The number of hydrazine groups is 1. The molecule has 0 heterocycles. The second kappa shape index (κ2) is 6.89. The Morgan fingerprint density at radius 1 is 1.17 bits per heavy atom. The van der Waals surface area contributed by atoms with Gasteiger partial charge in [-0.1, -0.05) is 29.8 Å². The van der Waals surface area contributed by atoms with E-state index in [-0.39, 0.29) is 5.75 Å². The van der Waals surface area contributed by atoms with Gasteiger partial charge in [0.05, 0.1) is 5.56 Å². The van der Waals surface area contributed by atoms with Crippen LogP contribution in [-0.2, 0) is 11.0 Å². The lowest BCUT2D eigenvalue weighted by molar-refractivity contribution is -0.137. The van der Waals surface area contributed by atoms with Crippen LogP contribution >= 0.6 is 11.6 Å². The Labute approximate surface area is 135 Å². The number of hydrogen-bond donors (Lipinski definition) is 2. The van der Waals surface area contributed by atoms with Crippen molar-refractivity contribution in [3.63, 3.8) is 0 Å². The number of alkyl halides is 3. The van der Waals surface area contributed by atoms with Crippen molar-refractivity contribution in [3.8, 4) is 5.75 Å². The van der Waals surface area contributed by atoms with Gasteiger partial charge in [-0.3, -0.25) is 10.2 Å². The number of nitrogens with two attached hydrogens (primary N) is 1. The Hall–Kier alpha value is -2.25. The molecule has 4 nitrogen and oxygen atoms in total. The van der Waals surface area contributed by atoms with Gasteiger partial charge in [-0.05, 0) is 30.3 Å². The van der Waals surface area contributed by atoms with E-state index in [1.807, 2.05) is 5.43 Å². The van der Waals surface area contributed by atoms with Crippen molar-refractivity contribution in [1.82, 2.24) is 5.43 Å². The van der Waals surface area contributed by atoms with E-state index in [0.717, 1.165) is 12.1 Å². The minimum atomic E-state index is -4.51. The molecule has 0 spiro atoms. The number of carbonyl (C=O) groups is 1. The zero-order chi connectivity index (χ0) is 17.0. The van der Waals surface area contributed by atoms with Crippen LogP contribution in [0.5, 0.6) is 5.75 Å². The number of hydrogen-bond acceptors (Lipinski definition) is 3. The van der Waals surface area contributed by atoms with Crippen molar-refractivity contribution in [2.45, 2.75) is 12.3 Å². The summed E-state index contributed by atoms with van der Waals surface area (Å²) < 4.78 is 43.6. The molecule has 0 aliphatic heterocycles. The third-order valence-corrected chi connectivity index (χ3v) is 3.22. The Morgan fingerprint density at radius 2 is 1.83 bits per heavy atom. The molecule has 2 rings (SSSR count). The molecule has 2 aromatic rings. The number of amides is 1. The predicted molar refractivity (Wildman–Crippen MR) is 78.6 cm³/mol. The van der Waals surface area contributed by atoms with Gasteiger partial charge >= 0.3 is 6.18 Å². The highest BCUT2D eigenvalue weighted by molar-refractivity contribution is 6.30. The van der Waals surface area contributed by atoms with Crippen LogP contribution in [0.2, 0.25) is 5.02 Å². The van der Waals surface area contributed by atoms with Crippen LogP contribution in [0.15, 0.2) is 48.5 Å². The summed E-state index contributed by atoms with van der Waals surface area (Å²) >= 11 is 5.77. The van der Waals surface area contributed by atoms with Crippen LogP contribution in [0, 0.1) is 0 Å². The molecule has 3 N–H and O–H groups in total. The quantitative estimate of drug-likeness (QED) is 0.507. The molecule has 1 amide bonds. The molecular weight excluding hydrogens is 333 g/mol. The number of ether oxygens (including phenoxy) is 1. The average molecular weight is 345 g/mol. The van der Waals surface area contributed by atoms with Crippen LogP contribution < -0.4 is 16.0 Å². The van der Waals surface area contributed by atoms with E-state index in [0.29, 0.717) is 10.6 Å². The maximum absolute atomic E-state index is 12.7. The highest BCUT2D eigenvalue weighted by atomic mass is 35.5. The van der Waals surface area contributed by atoms with Crippen molar-refractivity contribution in [1.29, 1.82) is 0 Å². The molecule has 8 heteroatoms. The van der Waals surface area contributed by atoms with Gasteiger partial charge in [0.2, 0.25) is 6.10 Å². The van der Waals surface area contributed by atoms with E-state index >= 15 is 0 Å². The summed E-state index contributed by atoms with van der Waals surface area (Å²) in [6.45, 7) is 0. The molecule has 0 bridgehead atoms. The molecule has 0 fully saturated rings. The molecule has 1 unspecified atom stereocenters. The number of nitrogens with one attached hydrogen (secondary N) is 1. The Bertz CT molecular complexity index is 690. The van der Waals surface area contributed by atoms with Crippen LogP contribution in [0.3, 0.4) is 0 Å². The second-order valence-corrected chi connectivity index (χ2v) is 5.02. The Balaban J connectivity index is 2.32. The third-order valence-electron chi connectivity index (χ3n) is 2.97. The molecule has 0 saturated carbocycles. The third kappa shape index (κ3) is 4.37. The highest BCUT2D eigenvalue weighted by Crippen LogP contribution is 2.32. The first-order valence-electron chi connectivity index (χ1n) is 6.41. The molecule has 0 aliphatic carbocycles. The summed E-state index contributed by atoms with van der Waals surface area (Å²) in [5.41, 5.74) is 1.45. The normalized spacial score (nSPS) is 12.6. The fraction of sp³-hybridized carbons (Fsp3) is 0.133. The van der Waals surface area contributed by atoms with Gasteiger partial charge in [0.1, 0.15) is 5.75 Å². The van der Waals surface area contributed by atoms with Gasteiger partial charge in [0.15, 0.2) is 0 Å². The Kier molecular flexibility index (Phi) is 5.12. The minimum Gasteiger partial charge on any atom is -0.476 e. The number of halogens is 4. The Morgan fingerprint density at radius 3 is 2.39 bits per heavy atom. The van der Waals surface area contributed by atoms with E-state index in [9.17, 15) is 18.0 Å². The fourth-order valence-corrected chi connectivity index (χ4v) is 1.99. The molecule has 0 saturated heterocycles. The van der Waals surface area contributed by atoms with E-state index in [4.69, 9.17) is 22.2 Å². The topological polar surface area (TPSA) is 64.3 Å². The average Bonchev–Trinajstić information content (AvgIpc) is 2.52. The molecule has 0 aliphatic rings. The van der Waals surface area contributed by atoms with Gasteiger partial charge in [-0.25, -0.2) is 5.84 Å². The molecular formula is C15H12ClF3N2O2.